The standard InChI is InChI=1S/C10H17BrN2O2/c11-4-1-10(15)13-5-2-8(3-6-13)7-9(12)14/h8H,1-7H2,(H2,12,14). The number of amides is 2. The predicted molar refractivity (Wildman–Crippen MR) is 61.5 cm³/mol. The molecule has 0 unspecified atom stereocenters. The van der Waals surface area contributed by atoms with Gasteiger partial charge in [0.15, 0.2) is 0 Å². The number of halogens is 1. The van der Waals surface area contributed by atoms with E-state index in [9.17, 15) is 9.59 Å². The Bertz CT molecular complexity index is 238. The zero-order chi connectivity index (χ0) is 11.3. The normalized spacial score (nSPS) is 17.8. The molecule has 0 aromatic carbocycles. The van der Waals surface area contributed by atoms with E-state index < -0.39 is 0 Å². The van der Waals surface area contributed by atoms with Crippen LogP contribution in [0.1, 0.15) is 25.7 Å². The van der Waals surface area contributed by atoms with Crippen LogP contribution in [0.3, 0.4) is 0 Å². The highest BCUT2D eigenvalue weighted by Crippen LogP contribution is 2.20. The summed E-state index contributed by atoms with van der Waals surface area (Å²) in [5.74, 6) is 0.333. The Labute approximate surface area is 98.3 Å². The fourth-order valence-corrected chi connectivity index (χ4v) is 2.25. The number of carbonyl (C=O) groups excluding carboxylic acids is 2. The van der Waals surface area contributed by atoms with Crippen LogP contribution < -0.4 is 5.73 Å². The minimum atomic E-state index is -0.236. The molecule has 0 aromatic heterocycles. The fourth-order valence-electron chi connectivity index (χ4n) is 1.91. The third-order valence-corrected chi connectivity index (χ3v) is 3.16. The maximum absolute atomic E-state index is 11.5. The first-order chi connectivity index (χ1) is 7.13. The van der Waals surface area contributed by atoms with Gasteiger partial charge in [-0.15, -0.1) is 0 Å². The Morgan fingerprint density at radius 1 is 1.33 bits per heavy atom. The van der Waals surface area contributed by atoms with Crippen LogP contribution in [0.5, 0.6) is 0 Å². The maximum Gasteiger partial charge on any atom is 0.223 e. The molecule has 1 aliphatic heterocycles. The molecule has 86 valence electrons. The zero-order valence-corrected chi connectivity index (χ0v) is 10.3. The second-order valence-corrected chi connectivity index (χ2v) is 4.73. The summed E-state index contributed by atoms with van der Waals surface area (Å²) in [6.45, 7) is 1.54. The van der Waals surface area contributed by atoms with Crippen LogP contribution in [0.4, 0.5) is 0 Å². The highest BCUT2D eigenvalue weighted by atomic mass is 79.9. The van der Waals surface area contributed by atoms with E-state index in [2.05, 4.69) is 15.9 Å². The van der Waals surface area contributed by atoms with Crippen LogP contribution in [0.2, 0.25) is 0 Å². The lowest BCUT2D eigenvalue weighted by Gasteiger charge is -2.31. The molecule has 1 saturated heterocycles. The third-order valence-electron chi connectivity index (χ3n) is 2.77. The van der Waals surface area contributed by atoms with Crippen LogP contribution >= 0.6 is 15.9 Å². The zero-order valence-electron chi connectivity index (χ0n) is 8.75. The van der Waals surface area contributed by atoms with Crippen LogP contribution in [0, 0.1) is 5.92 Å². The largest absolute Gasteiger partial charge is 0.370 e. The summed E-state index contributed by atoms with van der Waals surface area (Å²) in [4.78, 5) is 24.1. The van der Waals surface area contributed by atoms with Gasteiger partial charge < -0.3 is 10.6 Å². The van der Waals surface area contributed by atoms with E-state index in [1.54, 1.807) is 0 Å². The Balaban J connectivity index is 2.29. The van der Waals surface area contributed by atoms with Gasteiger partial charge in [-0.3, -0.25) is 9.59 Å². The molecule has 2 amide bonds. The molecule has 0 bridgehead atoms. The Morgan fingerprint density at radius 2 is 1.93 bits per heavy atom. The summed E-state index contributed by atoms with van der Waals surface area (Å²) in [7, 11) is 0. The summed E-state index contributed by atoms with van der Waals surface area (Å²) in [5, 5.41) is 0.715. The number of piperidine rings is 1. The number of carbonyl (C=O) groups is 2. The monoisotopic (exact) mass is 276 g/mol. The van der Waals surface area contributed by atoms with E-state index >= 15 is 0 Å². The second-order valence-electron chi connectivity index (χ2n) is 3.93. The molecule has 1 heterocycles. The van der Waals surface area contributed by atoms with Crippen molar-refractivity contribution in [2.75, 3.05) is 18.4 Å². The first kappa shape index (κ1) is 12.5. The number of nitrogens with two attached hydrogens (primary N) is 1. The van der Waals surface area contributed by atoms with Gasteiger partial charge in [-0.2, -0.15) is 0 Å². The van der Waals surface area contributed by atoms with Gasteiger partial charge >= 0.3 is 0 Å². The molecule has 0 aliphatic carbocycles. The molecule has 2 N–H and O–H groups in total. The summed E-state index contributed by atoms with van der Waals surface area (Å²) in [5.41, 5.74) is 5.14. The van der Waals surface area contributed by atoms with Gasteiger partial charge in [-0.05, 0) is 18.8 Å². The average Bonchev–Trinajstić information content (AvgIpc) is 2.18. The number of likely N-dealkylation sites (tertiary alicyclic amines) is 1. The topological polar surface area (TPSA) is 63.4 Å². The van der Waals surface area contributed by atoms with E-state index in [1.807, 2.05) is 4.90 Å². The Morgan fingerprint density at radius 3 is 2.40 bits per heavy atom. The summed E-state index contributed by atoms with van der Waals surface area (Å²) in [6.07, 6.45) is 2.81. The smallest absolute Gasteiger partial charge is 0.223 e. The second kappa shape index (κ2) is 6.10. The van der Waals surface area contributed by atoms with Gasteiger partial charge in [-0.1, -0.05) is 15.9 Å². The van der Waals surface area contributed by atoms with Gasteiger partial charge in [0.1, 0.15) is 0 Å². The molecule has 0 spiro atoms. The SMILES string of the molecule is NC(=O)CC1CCN(C(=O)CCBr)CC1. The van der Waals surface area contributed by atoms with Crippen molar-refractivity contribution in [1.82, 2.24) is 4.90 Å². The van der Waals surface area contributed by atoms with Crippen molar-refractivity contribution in [2.24, 2.45) is 11.7 Å². The molecular weight excluding hydrogens is 260 g/mol. The minimum Gasteiger partial charge on any atom is -0.370 e. The van der Waals surface area contributed by atoms with Crippen molar-refractivity contribution in [3.63, 3.8) is 0 Å². The molecule has 0 radical (unpaired) electrons. The molecule has 0 aromatic rings. The van der Waals surface area contributed by atoms with Crippen molar-refractivity contribution in [3.8, 4) is 0 Å². The summed E-state index contributed by atoms with van der Waals surface area (Å²) in [6, 6.07) is 0. The van der Waals surface area contributed by atoms with Crippen molar-refractivity contribution in [2.45, 2.75) is 25.7 Å². The lowest BCUT2D eigenvalue weighted by atomic mass is 9.93. The van der Waals surface area contributed by atoms with Crippen LogP contribution in [0.15, 0.2) is 0 Å². The number of hydrogen-bond donors (Lipinski definition) is 1. The number of hydrogen-bond acceptors (Lipinski definition) is 2. The quantitative estimate of drug-likeness (QED) is 0.775. The fraction of sp³-hybridized carbons (Fsp3) is 0.800. The molecule has 5 heteroatoms. The molecule has 1 rings (SSSR count). The van der Waals surface area contributed by atoms with E-state index in [4.69, 9.17) is 5.73 Å². The van der Waals surface area contributed by atoms with Gasteiger partial charge in [0, 0.05) is 31.3 Å². The molecule has 15 heavy (non-hydrogen) atoms. The van der Waals surface area contributed by atoms with Crippen LogP contribution in [-0.2, 0) is 9.59 Å². The number of rotatable bonds is 4. The van der Waals surface area contributed by atoms with E-state index in [0.717, 1.165) is 25.9 Å². The molecule has 0 atom stereocenters. The van der Waals surface area contributed by atoms with Gasteiger partial charge in [-0.25, -0.2) is 0 Å². The van der Waals surface area contributed by atoms with Gasteiger partial charge in [0.25, 0.3) is 0 Å². The molecule has 0 saturated carbocycles. The lowest BCUT2D eigenvalue weighted by Crippen LogP contribution is -2.39. The highest BCUT2D eigenvalue weighted by molar-refractivity contribution is 9.09. The van der Waals surface area contributed by atoms with Crippen molar-refractivity contribution in [3.05, 3.63) is 0 Å². The van der Waals surface area contributed by atoms with Gasteiger partial charge in [0.2, 0.25) is 11.8 Å². The summed E-state index contributed by atoms with van der Waals surface area (Å²) >= 11 is 3.25. The van der Waals surface area contributed by atoms with Crippen LogP contribution in [-0.4, -0.2) is 35.1 Å². The number of primary amides is 1. The lowest BCUT2D eigenvalue weighted by molar-refractivity contribution is -0.132. The van der Waals surface area contributed by atoms with Gasteiger partial charge in [0.05, 0.1) is 0 Å². The molecule has 1 fully saturated rings. The van der Waals surface area contributed by atoms with Crippen molar-refractivity contribution in [1.29, 1.82) is 0 Å². The maximum atomic E-state index is 11.5. The first-order valence-corrected chi connectivity index (χ1v) is 6.37. The van der Waals surface area contributed by atoms with E-state index in [1.165, 1.54) is 0 Å². The van der Waals surface area contributed by atoms with Crippen LogP contribution in [0.25, 0.3) is 0 Å². The average molecular weight is 277 g/mol. The number of alkyl halides is 1. The number of nitrogens with zero attached hydrogens (tertiary/aromatic N) is 1. The minimum absolute atomic E-state index is 0.199. The Kier molecular flexibility index (Phi) is 5.08. The molecular formula is C10H17BrN2O2. The molecule has 4 nitrogen and oxygen atoms in total. The predicted octanol–water partition coefficient (Wildman–Crippen LogP) is 0.885. The van der Waals surface area contributed by atoms with Crippen molar-refractivity contribution < 1.29 is 9.59 Å². The Hall–Kier alpha value is -0.580. The summed E-state index contributed by atoms with van der Waals surface area (Å²) < 4.78 is 0. The molecule has 1 aliphatic rings. The van der Waals surface area contributed by atoms with Crippen molar-refractivity contribution >= 4 is 27.7 Å². The van der Waals surface area contributed by atoms with E-state index in [-0.39, 0.29) is 11.8 Å². The highest BCUT2D eigenvalue weighted by Gasteiger charge is 2.23. The van der Waals surface area contributed by atoms with E-state index in [0.29, 0.717) is 24.1 Å². The first-order valence-electron chi connectivity index (χ1n) is 5.25. The third kappa shape index (κ3) is 4.20.